The number of carboxylic acid groups (broad SMARTS) is 1. The second-order valence-corrected chi connectivity index (χ2v) is 7.58. The predicted octanol–water partition coefficient (Wildman–Crippen LogP) is 1.99. The van der Waals surface area contributed by atoms with Crippen LogP contribution in [0.15, 0.2) is 16.5 Å². The van der Waals surface area contributed by atoms with Crippen molar-refractivity contribution in [2.75, 3.05) is 32.8 Å². The van der Waals surface area contributed by atoms with Crippen LogP contribution in [0.1, 0.15) is 33.3 Å². The minimum absolute atomic E-state index is 0.0373. The third-order valence-electron chi connectivity index (χ3n) is 5.25. The van der Waals surface area contributed by atoms with Gasteiger partial charge in [-0.15, -0.1) is 0 Å². The van der Waals surface area contributed by atoms with Crippen LogP contribution in [0.5, 0.6) is 0 Å². The van der Waals surface area contributed by atoms with Crippen LogP contribution in [-0.4, -0.2) is 75.6 Å². The molecule has 2 aromatic heterocycles. The number of alkyl halides is 3. The molecule has 4 rings (SSSR count). The van der Waals surface area contributed by atoms with Crippen LogP contribution in [-0.2, 0) is 36.1 Å². The van der Waals surface area contributed by atoms with Crippen LogP contribution in [0, 0.1) is 6.92 Å². The van der Waals surface area contributed by atoms with Gasteiger partial charge < -0.3 is 19.2 Å². The van der Waals surface area contributed by atoms with Gasteiger partial charge in [-0.2, -0.15) is 18.3 Å². The van der Waals surface area contributed by atoms with Gasteiger partial charge in [0.05, 0.1) is 25.5 Å². The summed E-state index contributed by atoms with van der Waals surface area (Å²) < 4.78 is 44.6. The highest BCUT2D eigenvalue weighted by Gasteiger charge is 2.38. The van der Waals surface area contributed by atoms with Crippen molar-refractivity contribution < 1.29 is 37.0 Å². The molecule has 2 aliphatic rings. The molecule has 32 heavy (non-hydrogen) atoms. The lowest BCUT2D eigenvalue weighted by molar-refractivity contribution is -0.192. The molecule has 0 bridgehead atoms. The molecule has 1 N–H and O–H groups in total. The molecule has 0 spiro atoms. The van der Waals surface area contributed by atoms with E-state index >= 15 is 0 Å². The monoisotopic (exact) mass is 458 g/mol. The van der Waals surface area contributed by atoms with Crippen molar-refractivity contribution in [2.24, 2.45) is 7.05 Å². The Morgan fingerprint density at radius 3 is 2.41 bits per heavy atom. The highest BCUT2D eigenvalue weighted by Crippen LogP contribution is 2.25. The minimum Gasteiger partial charge on any atom is -0.475 e. The maximum atomic E-state index is 12.8. The van der Waals surface area contributed by atoms with E-state index in [-0.39, 0.29) is 5.91 Å². The quantitative estimate of drug-likeness (QED) is 0.751. The zero-order chi connectivity index (χ0) is 23.5. The molecular formula is C20H25F3N4O5. The van der Waals surface area contributed by atoms with Gasteiger partial charge in [0.15, 0.2) is 5.69 Å². The Balaban J connectivity index is 0.000000360. The third kappa shape index (κ3) is 5.68. The Morgan fingerprint density at radius 1 is 1.19 bits per heavy atom. The standard InChI is InChI=1S/C18H24N4O3.C2HF3O2/c1-13-3-4-14(25-13)11-21-6-5-15-16(12-21)20(2)19-17(15)18(23)22-7-9-24-10-8-22;3-2(4,5)1(6)7/h3-4H,5-12H2,1-2H3;(H,6,7). The maximum Gasteiger partial charge on any atom is 0.490 e. The Morgan fingerprint density at radius 2 is 1.84 bits per heavy atom. The number of aliphatic carboxylic acids is 1. The number of furan rings is 1. The van der Waals surface area contributed by atoms with Crippen molar-refractivity contribution in [1.29, 1.82) is 0 Å². The number of fused-ring (bicyclic) bond motifs is 1. The summed E-state index contributed by atoms with van der Waals surface area (Å²) in [5, 5.41) is 11.7. The molecule has 9 nitrogen and oxygen atoms in total. The van der Waals surface area contributed by atoms with E-state index in [2.05, 4.69) is 10.00 Å². The number of nitrogens with zero attached hydrogens (tertiary/aromatic N) is 4. The first-order chi connectivity index (χ1) is 15.1. The second kappa shape index (κ2) is 9.74. The predicted molar refractivity (Wildman–Crippen MR) is 105 cm³/mol. The maximum absolute atomic E-state index is 12.8. The van der Waals surface area contributed by atoms with Gasteiger partial charge in [-0.25, -0.2) is 4.79 Å². The number of hydrogen-bond donors (Lipinski definition) is 1. The number of rotatable bonds is 3. The summed E-state index contributed by atoms with van der Waals surface area (Å²) in [6, 6.07) is 4.02. The molecule has 0 unspecified atom stereocenters. The van der Waals surface area contributed by atoms with Crippen molar-refractivity contribution in [1.82, 2.24) is 19.6 Å². The third-order valence-corrected chi connectivity index (χ3v) is 5.25. The van der Waals surface area contributed by atoms with Gasteiger partial charge in [0.2, 0.25) is 0 Å². The number of carbonyl (C=O) groups excluding carboxylic acids is 1. The van der Waals surface area contributed by atoms with Crippen LogP contribution < -0.4 is 0 Å². The molecule has 0 aliphatic carbocycles. The molecule has 0 atom stereocenters. The van der Waals surface area contributed by atoms with Gasteiger partial charge in [-0.05, 0) is 25.5 Å². The van der Waals surface area contributed by atoms with Crippen LogP contribution in [0.25, 0.3) is 0 Å². The van der Waals surface area contributed by atoms with E-state index in [1.165, 1.54) is 0 Å². The average molecular weight is 458 g/mol. The molecule has 2 aromatic rings. The van der Waals surface area contributed by atoms with E-state index in [0.717, 1.165) is 48.8 Å². The molecule has 0 radical (unpaired) electrons. The average Bonchev–Trinajstić information content (AvgIpc) is 3.30. The Labute approximate surface area is 182 Å². The smallest absolute Gasteiger partial charge is 0.475 e. The highest BCUT2D eigenvalue weighted by molar-refractivity contribution is 5.94. The van der Waals surface area contributed by atoms with Gasteiger partial charge in [0.1, 0.15) is 11.5 Å². The zero-order valence-corrected chi connectivity index (χ0v) is 17.8. The molecule has 12 heteroatoms. The Bertz CT molecular complexity index is 963. The van der Waals surface area contributed by atoms with Crippen LogP contribution >= 0.6 is 0 Å². The van der Waals surface area contributed by atoms with Crippen molar-refractivity contribution in [3.8, 4) is 0 Å². The summed E-state index contributed by atoms with van der Waals surface area (Å²) >= 11 is 0. The fraction of sp³-hybridized carbons (Fsp3) is 0.550. The van der Waals surface area contributed by atoms with Crippen LogP contribution in [0.4, 0.5) is 13.2 Å². The lowest BCUT2D eigenvalue weighted by Crippen LogP contribution is -2.41. The fourth-order valence-electron chi connectivity index (χ4n) is 3.64. The van der Waals surface area contributed by atoms with E-state index in [9.17, 15) is 18.0 Å². The molecule has 0 saturated carbocycles. The molecule has 4 heterocycles. The van der Waals surface area contributed by atoms with Crippen molar-refractivity contribution in [3.05, 3.63) is 40.6 Å². The summed E-state index contributed by atoms with van der Waals surface area (Å²) in [6.07, 6.45) is -4.24. The van der Waals surface area contributed by atoms with E-state index in [1.807, 2.05) is 35.7 Å². The van der Waals surface area contributed by atoms with Crippen molar-refractivity contribution in [2.45, 2.75) is 32.6 Å². The van der Waals surface area contributed by atoms with Crippen LogP contribution in [0.3, 0.4) is 0 Å². The first-order valence-electron chi connectivity index (χ1n) is 10.1. The molecule has 1 amide bonds. The van der Waals surface area contributed by atoms with E-state index in [0.29, 0.717) is 32.0 Å². The number of amides is 1. The summed E-state index contributed by atoms with van der Waals surface area (Å²) in [6.45, 7) is 6.95. The summed E-state index contributed by atoms with van der Waals surface area (Å²) in [4.78, 5) is 25.9. The highest BCUT2D eigenvalue weighted by atomic mass is 19.4. The van der Waals surface area contributed by atoms with Gasteiger partial charge in [-0.3, -0.25) is 14.4 Å². The minimum atomic E-state index is -5.08. The van der Waals surface area contributed by atoms with Crippen molar-refractivity contribution in [3.63, 3.8) is 0 Å². The lowest BCUT2D eigenvalue weighted by atomic mass is 10.0. The number of ether oxygens (including phenoxy) is 1. The molecule has 2 aliphatic heterocycles. The first-order valence-corrected chi connectivity index (χ1v) is 10.1. The number of morpholine rings is 1. The first kappa shape index (κ1) is 23.8. The van der Waals surface area contributed by atoms with Crippen LogP contribution in [0.2, 0.25) is 0 Å². The molecule has 0 aromatic carbocycles. The largest absolute Gasteiger partial charge is 0.490 e. The number of aryl methyl sites for hydroxylation is 2. The Kier molecular flexibility index (Phi) is 7.24. The Hall–Kier alpha value is -2.86. The molecule has 1 saturated heterocycles. The van der Waals surface area contributed by atoms with E-state index in [1.54, 1.807) is 0 Å². The van der Waals surface area contributed by atoms with E-state index < -0.39 is 12.1 Å². The van der Waals surface area contributed by atoms with Gasteiger partial charge in [0, 0.05) is 38.8 Å². The number of aromatic nitrogens is 2. The molecule has 176 valence electrons. The summed E-state index contributed by atoms with van der Waals surface area (Å²) in [5.74, 6) is -0.804. The number of hydrogen-bond acceptors (Lipinski definition) is 6. The SMILES string of the molecule is Cc1ccc(CN2CCc3c(C(=O)N4CCOCC4)nn(C)c3C2)o1.O=C(O)C(F)(F)F. The topological polar surface area (TPSA) is 101 Å². The molecule has 1 fully saturated rings. The number of halogens is 3. The van der Waals surface area contributed by atoms with E-state index in [4.69, 9.17) is 19.1 Å². The second-order valence-electron chi connectivity index (χ2n) is 7.58. The normalized spacial score (nSPS) is 16.8. The van der Waals surface area contributed by atoms with Gasteiger partial charge in [-0.1, -0.05) is 0 Å². The van der Waals surface area contributed by atoms with Gasteiger partial charge in [0.25, 0.3) is 5.91 Å². The number of carboxylic acids is 1. The summed E-state index contributed by atoms with van der Waals surface area (Å²) in [5.41, 5.74) is 2.85. The fourth-order valence-corrected chi connectivity index (χ4v) is 3.64. The molecular weight excluding hydrogens is 433 g/mol. The lowest BCUT2D eigenvalue weighted by Gasteiger charge is -2.28. The number of carbonyl (C=O) groups is 2. The van der Waals surface area contributed by atoms with Gasteiger partial charge >= 0.3 is 12.1 Å². The van der Waals surface area contributed by atoms with Crippen molar-refractivity contribution >= 4 is 11.9 Å². The zero-order valence-electron chi connectivity index (χ0n) is 17.8. The summed E-state index contributed by atoms with van der Waals surface area (Å²) in [7, 11) is 1.93.